The van der Waals surface area contributed by atoms with Crippen LogP contribution in [-0.4, -0.2) is 23.2 Å². The Bertz CT molecular complexity index is 573. The van der Waals surface area contributed by atoms with E-state index in [2.05, 4.69) is 4.98 Å². The maximum absolute atomic E-state index is 12.7. The van der Waals surface area contributed by atoms with Crippen molar-refractivity contribution in [3.05, 3.63) is 59.8 Å². The van der Waals surface area contributed by atoms with E-state index in [0.29, 0.717) is 6.54 Å². The lowest BCUT2D eigenvalue weighted by molar-refractivity contribution is -0.137. The number of rotatable bonds is 5. The number of alkyl halides is 3. The number of aliphatic hydroxyl groups is 1. The van der Waals surface area contributed by atoms with Crippen LogP contribution < -0.4 is 4.90 Å². The van der Waals surface area contributed by atoms with E-state index < -0.39 is 11.7 Å². The van der Waals surface area contributed by atoms with E-state index in [1.54, 1.807) is 4.90 Å². The zero-order valence-corrected chi connectivity index (χ0v) is 11.2. The van der Waals surface area contributed by atoms with Crippen LogP contribution in [-0.2, 0) is 12.7 Å². The minimum Gasteiger partial charge on any atom is -0.395 e. The highest BCUT2D eigenvalue weighted by Gasteiger charge is 2.31. The number of nitrogens with zero attached hydrogens (tertiary/aromatic N) is 2. The van der Waals surface area contributed by atoms with Gasteiger partial charge in [0.15, 0.2) is 0 Å². The Morgan fingerprint density at radius 2 is 1.81 bits per heavy atom. The SMILES string of the molecule is OCCN(Cc1ccccc1)c1cc(C(F)(F)F)ccn1. The van der Waals surface area contributed by atoms with Gasteiger partial charge in [0.1, 0.15) is 5.82 Å². The van der Waals surface area contributed by atoms with E-state index in [1.165, 1.54) is 0 Å². The molecule has 0 spiro atoms. The Balaban J connectivity index is 2.26. The van der Waals surface area contributed by atoms with Crippen LogP contribution in [0.2, 0.25) is 0 Å². The molecule has 0 aliphatic rings. The second-order valence-electron chi connectivity index (χ2n) is 4.53. The molecule has 1 aromatic heterocycles. The zero-order valence-electron chi connectivity index (χ0n) is 11.2. The highest BCUT2D eigenvalue weighted by Crippen LogP contribution is 2.30. The van der Waals surface area contributed by atoms with Crippen molar-refractivity contribution >= 4 is 5.82 Å². The summed E-state index contributed by atoms with van der Waals surface area (Å²) in [5.74, 6) is 0.197. The molecule has 3 nitrogen and oxygen atoms in total. The highest BCUT2D eigenvalue weighted by molar-refractivity contribution is 5.42. The summed E-state index contributed by atoms with van der Waals surface area (Å²) >= 11 is 0. The van der Waals surface area contributed by atoms with Gasteiger partial charge in [-0.15, -0.1) is 0 Å². The summed E-state index contributed by atoms with van der Waals surface area (Å²) in [6, 6.07) is 11.2. The molecule has 1 aromatic carbocycles. The fourth-order valence-corrected chi connectivity index (χ4v) is 1.97. The summed E-state index contributed by atoms with van der Waals surface area (Å²) < 4.78 is 38.2. The molecule has 0 radical (unpaired) electrons. The van der Waals surface area contributed by atoms with E-state index in [-0.39, 0.29) is 19.0 Å². The molecule has 0 bridgehead atoms. The fraction of sp³-hybridized carbons (Fsp3) is 0.267. The molecule has 0 amide bonds. The summed E-state index contributed by atoms with van der Waals surface area (Å²) in [6.07, 6.45) is -3.27. The second-order valence-corrected chi connectivity index (χ2v) is 4.53. The quantitative estimate of drug-likeness (QED) is 0.921. The molecule has 21 heavy (non-hydrogen) atoms. The monoisotopic (exact) mass is 296 g/mol. The molecule has 0 aliphatic carbocycles. The number of hydrogen-bond donors (Lipinski definition) is 1. The number of pyridine rings is 1. The van der Waals surface area contributed by atoms with E-state index in [1.807, 2.05) is 30.3 Å². The largest absolute Gasteiger partial charge is 0.416 e. The molecule has 0 unspecified atom stereocenters. The lowest BCUT2D eigenvalue weighted by atomic mass is 10.2. The molecule has 0 saturated carbocycles. The second kappa shape index (κ2) is 6.58. The molecule has 112 valence electrons. The topological polar surface area (TPSA) is 36.4 Å². The van der Waals surface area contributed by atoms with E-state index >= 15 is 0 Å². The number of halogens is 3. The Morgan fingerprint density at radius 1 is 1.10 bits per heavy atom. The Labute approximate surface area is 120 Å². The average molecular weight is 296 g/mol. The van der Waals surface area contributed by atoms with Gasteiger partial charge in [0.2, 0.25) is 0 Å². The van der Waals surface area contributed by atoms with Crippen molar-refractivity contribution < 1.29 is 18.3 Å². The van der Waals surface area contributed by atoms with Crippen molar-refractivity contribution in [1.29, 1.82) is 0 Å². The first kappa shape index (κ1) is 15.3. The molecule has 0 saturated heterocycles. The average Bonchev–Trinajstić information content (AvgIpc) is 2.47. The summed E-state index contributed by atoms with van der Waals surface area (Å²) in [6.45, 7) is 0.434. The molecule has 2 rings (SSSR count). The highest BCUT2D eigenvalue weighted by atomic mass is 19.4. The van der Waals surface area contributed by atoms with Gasteiger partial charge in [0.05, 0.1) is 12.2 Å². The molecule has 0 aliphatic heterocycles. The number of benzene rings is 1. The maximum Gasteiger partial charge on any atom is 0.416 e. The number of aliphatic hydroxyl groups excluding tert-OH is 1. The summed E-state index contributed by atoms with van der Waals surface area (Å²) in [7, 11) is 0. The third kappa shape index (κ3) is 4.19. The predicted molar refractivity (Wildman–Crippen MR) is 73.8 cm³/mol. The lowest BCUT2D eigenvalue weighted by Crippen LogP contribution is -2.27. The first-order chi connectivity index (χ1) is 10.0. The van der Waals surface area contributed by atoms with Crippen LogP contribution in [0.3, 0.4) is 0 Å². The number of hydrogen-bond acceptors (Lipinski definition) is 3. The van der Waals surface area contributed by atoms with Crippen molar-refractivity contribution in [1.82, 2.24) is 4.98 Å². The van der Waals surface area contributed by atoms with Crippen LogP contribution in [0.25, 0.3) is 0 Å². The fourth-order valence-electron chi connectivity index (χ4n) is 1.97. The van der Waals surface area contributed by atoms with Crippen molar-refractivity contribution in [3.8, 4) is 0 Å². The molecule has 2 aromatic rings. The van der Waals surface area contributed by atoms with Gasteiger partial charge in [-0.05, 0) is 17.7 Å². The Morgan fingerprint density at radius 3 is 2.43 bits per heavy atom. The van der Waals surface area contributed by atoms with Crippen molar-refractivity contribution in [2.24, 2.45) is 0 Å². The summed E-state index contributed by atoms with van der Waals surface area (Å²) in [5, 5.41) is 9.11. The summed E-state index contributed by atoms with van der Waals surface area (Å²) in [5.41, 5.74) is 0.189. The standard InChI is InChI=1S/C15H15F3N2O/c16-15(17,18)13-6-7-19-14(10-13)20(8-9-21)11-12-4-2-1-3-5-12/h1-7,10,21H,8-9,11H2. The third-order valence-electron chi connectivity index (χ3n) is 2.98. The van der Waals surface area contributed by atoms with Crippen LogP contribution in [0.15, 0.2) is 48.7 Å². The van der Waals surface area contributed by atoms with Gasteiger partial charge >= 0.3 is 6.18 Å². The van der Waals surface area contributed by atoms with Crippen LogP contribution in [0.4, 0.5) is 19.0 Å². The van der Waals surface area contributed by atoms with Crippen molar-refractivity contribution in [2.75, 3.05) is 18.1 Å². The van der Waals surface area contributed by atoms with Gasteiger partial charge in [-0.25, -0.2) is 4.98 Å². The summed E-state index contributed by atoms with van der Waals surface area (Å²) in [4.78, 5) is 5.60. The Hall–Kier alpha value is -2.08. The number of aromatic nitrogens is 1. The van der Waals surface area contributed by atoms with E-state index in [4.69, 9.17) is 5.11 Å². The lowest BCUT2D eigenvalue weighted by Gasteiger charge is -2.23. The van der Waals surface area contributed by atoms with Crippen molar-refractivity contribution in [2.45, 2.75) is 12.7 Å². The molecule has 0 atom stereocenters. The molecule has 1 heterocycles. The third-order valence-corrected chi connectivity index (χ3v) is 2.98. The van der Waals surface area contributed by atoms with E-state index in [0.717, 1.165) is 23.9 Å². The molecular formula is C15H15F3N2O. The predicted octanol–water partition coefficient (Wildman–Crippen LogP) is 3.10. The van der Waals surface area contributed by atoms with Gasteiger partial charge in [0.25, 0.3) is 0 Å². The van der Waals surface area contributed by atoms with Crippen LogP contribution >= 0.6 is 0 Å². The van der Waals surface area contributed by atoms with E-state index in [9.17, 15) is 13.2 Å². The molecular weight excluding hydrogens is 281 g/mol. The van der Waals surface area contributed by atoms with Gasteiger partial charge in [-0.1, -0.05) is 30.3 Å². The number of anilines is 1. The van der Waals surface area contributed by atoms with Crippen LogP contribution in [0.5, 0.6) is 0 Å². The molecule has 1 N–H and O–H groups in total. The first-order valence-corrected chi connectivity index (χ1v) is 6.43. The van der Waals surface area contributed by atoms with Gasteiger partial charge in [0, 0.05) is 19.3 Å². The molecule has 6 heteroatoms. The minimum atomic E-state index is -4.41. The minimum absolute atomic E-state index is 0.162. The maximum atomic E-state index is 12.7. The Kier molecular flexibility index (Phi) is 4.80. The van der Waals surface area contributed by atoms with Crippen LogP contribution in [0.1, 0.15) is 11.1 Å². The van der Waals surface area contributed by atoms with Gasteiger partial charge < -0.3 is 10.0 Å². The normalized spacial score (nSPS) is 11.4. The smallest absolute Gasteiger partial charge is 0.395 e. The van der Waals surface area contributed by atoms with Crippen LogP contribution in [0, 0.1) is 0 Å². The molecule has 0 fully saturated rings. The van der Waals surface area contributed by atoms with Gasteiger partial charge in [-0.2, -0.15) is 13.2 Å². The van der Waals surface area contributed by atoms with Gasteiger partial charge in [-0.3, -0.25) is 0 Å². The first-order valence-electron chi connectivity index (χ1n) is 6.43. The zero-order chi connectivity index (χ0) is 15.3. The van der Waals surface area contributed by atoms with Crippen molar-refractivity contribution in [3.63, 3.8) is 0 Å².